The molecule has 1 heterocycles. The normalized spacial score (nSPS) is 14.0. The summed E-state index contributed by atoms with van der Waals surface area (Å²) in [4.78, 5) is 4.03. The maximum absolute atomic E-state index is 9.23. The molecule has 2 atom stereocenters. The predicted octanol–water partition coefficient (Wildman–Crippen LogP) is 2.86. The average Bonchev–Trinajstić information content (AvgIpc) is 2.48. The van der Waals surface area contributed by atoms with Gasteiger partial charge in [-0.3, -0.25) is 4.98 Å². The summed E-state index contributed by atoms with van der Waals surface area (Å²) in [5.41, 5.74) is 2.41. The molecule has 3 nitrogen and oxygen atoms in total. The van der Waals surface area contributed by atoms with Gasteiger partial charge in [-0.1, -0.05) is 30.3 Å². The van der Waals surface area contributed by atoms with Crippen molar-refractivity contribution in [3.05, 3.63) is 66.0 Å². The van der Waals surface area contributed by atoms with Gasteiger partial charge in [0.05, 0.1) is 0 Å². The summed E-state index contributed by atoms with van der Waals surface area (Å²) in [6, 6.07) is 14.6. The van der Waals surface area contributed by atoms with E-state index in [-0.39, 0.29) is 18.7 Å². The Morgan fingerprint density at radius 2 is 1.74 bits per heavy atom. The number of benzene rings is 1. The molecule has 1 aromatic carbocycles. The number of nitrogens with zero attached hydrogens (tertiary/aromatic N) is 1. The van der Waals surface area contributed by atoms with Crippen LogP contribution < -0.4 is 5.32 Å². The van der Waals surface area contributed by atoms with Gasteiger partial charge in [-0.2, -0.15) is 0 Å². The van der Waals surface area contributed by atoms with E-state index in [9.17, 15) is 5.11 Å². The topological polar surface area (TPSA) is 45.1 Å². The summed E-state index contributed by atoms with van der Waals surface area (Å²) in [7, 11) is 0. The minimum Gasteiger partial charge on any atom is -0.396 e. The van der Waals surface area contributed by atoms with Crippen LogP contribution in [-0.4, -0.2) is 16.7 Å². The number of hydrogen-bond acceptors (Lipinski definition) is 3. The number of aromatic nitrogens is 1. The first kappa shape index (κ1) is 13.7. The van der Waals surface area contributed by atoms with Crippen LogP contribution >= 0.6 is 0 Å². The predicted molar refractivity (Wildman–Crippen MR) is 76.7 cm³/mol. The Labute approximate surface area is 114 Å². The monoisotopic (exact) mass is 256 g/mol. The molecule has 2 rings (SSSR count). The van der Waals surface area contributed by atoms with Crippen molar-refractivity contribution < 1.29 is 5.11 Å². The van der Waals surface area contributed by atoms with Crippen LogP contribution in [0, 0.1) is 0 Å². The van der Waals surface area contributed by atoms with Crippen LogP contribution in [0.25, 0.3) is 0 Å². The van der Waals surface area contributed by atoms with Gasteiger partial charge in [0, 0.05) is 31.1 Å². The van der Waals surface area contributed by atoms with E-state index in [2.05, 4.69) is 29.4 Å². The quantitative estimate of drug-likeness (QED) is 0.835. The molecule has 0 amide bonds. The van der Waals surface area contributed by atoms with Crippen LogP contribution in [0.15, 0.2) is 54.9 Å². The third-order valence-corrected chi connectivity index (χ3v) is 3.28. The van der Waals surface area contributed by atoms with Gasteiger partial charge in [-0.05, 0) is 36.6 Å². The molecule has 100 valence electrons. The molecule has 0 aliphatic carbocycles. The Balaban J connectivity index is 2.09. The Morgan fingerprint density at radius 3 is 2.37 bits per heavy atom. The fourth-order valence-corrected chi connectivity index (χ4v) is 2.21. The fraction of sp³-hybridized carbons (Fsp3) is 0.312. The smallest absolute Gasteiger partial charge is 0.0449 e. The zero-order valence-electron chi connectivity index (χ0n) is 11.2. The van der Waals surface area contributed by atoms with E-state index >= 15 is 0 Å². The van der Waals surface area contributed by atoms with E-state index in [1.165, 1.54) is 11.1 Å². The molecule has 0 aliphatic heterocycles. The lowest BCUT2D eigenvalue weighted by Gasteiger charge is -2.23. The molecule has 0 saturated heterocycles. The largest absolute Gasteiger partial charge is 0.396 e. The van der Waals surface area contributed by atoms with Gasteiger partial charge in [0.25, 0.3) is 0 Å². The lowest BCUT2D eigenvalue weighted by atomic mass is 10.0. The minimum atomic E-state index is 0.161. The van der Waals surface area contributed by atoms with Crippen LogP contribution in [0.2, 0.25) is 0 Å². The fourth-order valence-electron chi connectivity index (χ4n) is 2.21. The standard InChI is InChI=1S/C16H20N2O/c1-13(14-7-10-17-11-8-14)18-16(9-12-19)15-5-3-2-4-6-15/h2-8,10-11,13,16,18-19H,9,12H2,1H3/t13?,16-/m1/s1. The van der Waals surface area contributed by atoms with E-state index in [1.807, 2.05) is 30.3 Å². The molecule has 0 saturated carbocycles. The number of nitrogens with one attached hydrogen (secondary N) is 1. The van der Waals surface area contributed by atoms with Gasteiger partial charge in [-0.25, -0.2) is 0 Å². The lowest BCUT2D eigenvalue weighted by Crippen LogP contribution is -2.25. The second kappa shape index (κ2) is 7.02. The highest BCUT2D eigenvalue weighted by atomic mass is 16.3. The van der Waals surface area contributed by atoms with Gasteiger partial charge < -0.3 is 10.4 Å². The van der Waals surface area contributed by atoms with Crippen molar-refractivity contribution in [2.45, 2.75) is 25.4 Å². The molecule has 1 aromatic heterocycles. The molecule has 0 fully saturated rings. The third-order valence-electron chi connectivity index (χ3n) is 3.28. The number of rotatable bonds is 6. The van der Waals surface area contributed by atoms with Gasteiger partial charge in [0.2, 0.25) is 0 Å². The maximum Gasteiger partial charge on any atom is 0.0449 e. The van der Waals surface area contributed by atoms with Gasteiger partial charge >= 0.3 is 0 Å². The first-order valence-electron chi connectivity index (χ1n) is 6.63. The SMILES string of the molecule is CC(N[C@H](CCO)c1ccccc1)c1ccncc1. The lowest BCUT2D eigenvalue weighted by molar-refractivity contribution is 0.260. The average molecular weight is 256 g/mol. The Morgan fingerprint density at radius 1 is 1.05 bits per heavy atom. The minimum absolute atomic E-state index is 0.161. The van der Waals surface area contributed by atoms with Crippen LogP contribution in [0.1, 0.15) is 36.6 Å². The Bertz CT molecular complexity index is 473. The van der Waals surface area contributed by atoms with Crippen molar-refractivity contribution in [1.82, 2.24) is 10.3 Å². The van der Waals surface area contributed by atoms with Gasteiger partial charge in [0.1, 0.15) is 0 Å². The molecule has 2 N–H and O–H groups in total. The van der Waals surface area contributed by atoms with Gasteiger partial charge in [0.15, 0.2) is 0 Å². The summed E-state index contributed by atoms with van der Waals surface area (Å²) in [6.45, 7) is 2.30. The van der Waals surface area contributed by atoms with Crippen molar-refractivity contribution in [3.63, 3.8) is 0 Å². The zero-order valence-corrected chi connectivity index (χ0v) is 11.2. The first-order valence-corrected chi connectivity index (χ1v) is 6.63. The molecule has 1 unspecified atom stereocenters. The first-order chi connectivity index (χ1) is 9.31. The van der Waals surface area contributed by atoms with Crippen molar-refractivity contribution in [2.75, 3.05) is 6.61 Å². The van der Waals surface area contributed by atoms with Crippen molar-refractivity contribution >= 4 is 0 Å². The molecule has 2 aromatic rings. The van der Waals surface area contributed by atoms with Crippen LogP contribution in [0.5, 0.6) is 0 Å². The van der Waals surface area contributed by atoms with Crippen molar-refractivity contribution in [1.29, 1.82) is 0 Å². The van der Waals surface area contributed by atoms with E-state index < -0.39 is 0 Å². The molecule has 19 heavy (non-hydrogen) atoms. The second-order valence-electron chi connectivity index (χ2n) is 4.64. The summed E-state index contributed by atoms with van der Waals surface area (Å²) >= 11 is 0. The molecular weight excluding hydrogens is 236 g/mol. The second-order valence-corrected chi connectivity index (χ2v) is 4.64. The number of pyridine rings is 1. The number of aliphatic hydroxyl groups excluding tert-OH is 1. The zero-order chi connectivity index (χ0) is 13.5. The molecule has 0 radical (unpaired) electrons. The van der Waals surface area contributed by atoms with E-state index in [1.54, 1.807) is 12.4 Å². The Hall–Kier alpha value is -1.71. The van der Waals surface area contributed by atoms with E-state index in [4.69, 9.17) is 0 Å². The summed E-state index contributed by atoms with van der Waals surface area (Å²) < 4.78 is 0. The van der Waals surface area contributed by atoms with Gasteiger partial charge in [-0.15, -0.1) is 0 Å². The molecular formula is C16H20N2O. The van der Waals surface area contributed by atoms with Crippen molar-refractivity contribution in [2.24, 2.45) is 0 Å². The highest BCUT2D eigenvalue weighted by Gasteiger charge is 2.14. The summed E-state index contributed by atoms with van der Waals surface area (Å²) in [5.74, 6) is 0. The Kier molecular flexibility index (Phi) is 5.07. The number of hydrogen-bond donors (Lipinski definition) is 2. The molecule has 3 heteroatoms. The maximum atomic E-state index is 9.23. The highest BCUT2D eigenvalue weighted by molar-refractivity contribution is 5.21. The molecule has 0 aliphatic rings. The van der Waals surface area contributed by atoms with E-state index in [0.717, 1.165) is 0 Å². The molecule has 0 bridgehead atoms. The highest BCUT2D eigenvalue weighted by Crippen LogP contribution is 2.21. The van der Waals surface area contributed by atoms with Crippen LogP contribution in [-0.2, 0) is 0 Å². The third kappa shape index (κ3) is 3.88. The molecule has 0 spiro atoms. The van der Waals surface area contributed by atoms with Crippen molar-refractivity contribution in [3.8, 4) is 0 Å². The number of aliphatic hydroxyl groups is 1. The summed E-state index contributed by atoms with van der Waals surface area (Å²) in [5, 5.41) is 12.8. The van der Waals surface area contributed by atoms with Crippen LogP contribution in [0.4, 0.5) is 0 Å². The summed E-state index contributed by atoms with van der Waals surface area (Å²) in [6.07, 6.45) is 4.31. The van der Waals surface area contributed by atoms with Crippen LogP contribution in [0.3, 0.4) is 0 Å². The van der Waals surface area contributed by atoms with E-state index in [0.29, 0.717) is 6.42 Å².